The number of aryl methyl sites for hydroxylation is 1. The van der Waals surface area contributed by atoms with Gasteiger partial charge in [0.2, 0.25) is 5.95 Å². The minimum Gasteiger partial charge on any atom is -0.370 e. The van der Waals surface area contributed by atoms with Gasteiger partial charge in [-0.3, -0.25) is 4.79 Å². The van der Waals surface area contributed by atoms with Gasteiger partial charge >= 0.3 is 0 Å². The molecule has 1 amide bonds. The summed E-state index contributed by atoms with van der Waals surface area (Å²) in [5.74, 6) is -0.940. The van der Waals surface area contributed by atoms with Crippen molar-refractivity contribution in [2.45, 2.75) is 13.8 Å². The SMILES string of the molecule is CCN(CCNC(=O)c1ccnc(F)c1)c1ccccc1C. The van der Waals surface area contributed by atoms with Crippen LogP contribution in [-0.4, -0.2) is 30.5 Å². The molecule has 22 heavy (non-hydrogen) atoms. The fourth-order valence-corrected chi connectivity index (χ4v) is 2.32. The lowest BCUT2D eigenvalue weighted by Gasteiger charge is -2.25. The minimum absolute atomic E-state index is 0.284. The molecule has 2 rings (SSSR count). The smallest absolute Gasteiger partial charge is 0.251 e. The first kappa shape index (κ1) is 15.9. The molecule has 0 fully saturated rings. The Balaban J connectivity index is 1.92. The molecule has 116 valence electrons. The number of para-hydroxylation sites is 1. The first-order chi connectivity index (χ1) is 10.6. The second kappa shape index (κ2) is 7.54. The number of likely N-dealkylation sites (N-methyl/N-ethyl adjacent to an activating group) is 1. The highest BCUT2D eigenvalue weighted by Gasteiger charge is 2.09. The number of nitrogens with one attached hydrogen (secondary N) is 1. The van der Waals surface area contributed by atoms with Gasteiger partial charge in [0.15, 0.2) is 0 Å². The summed E-state index contributed by atoms with van der Waals surface area (Å²) in [4.78, 5) is 17.6. The molecule has 0 aliphatic carbocycles. The highest BCUT2D eigenvalue weighted by Crippen LogP contribution is 2.18. The lowest BCUT2D eigenvalue weighted by Crippen LogP contribution is -2.35. The third-order valence-electron chi connectivity index (χ3n) is 3.49. The van der Waals surface area contributed by atoms with Crippen molar-refractivity contribution in [3.05, 3.63) is 59.7 Å². The second-order valence-corrected chi connectivity index (χ2v) is 4.99. The van der Waals surface area contributed by atoms with Crippen LogP contribution in [0.15, 0.2) is 42.6 Å². The molecular weight excluding hydrogens is 281 g/mol. The molecule has 1 aromatic carbocycles. The van der Waals surface area contributed by atoms with E-state index in [1.807, 2.05) is 12.1 Å². The first-order valence-electron chi connectivity index (χ1n) is 7.32. The number of halogens is 1. The van der Waals surface area contributed by atoms with E-state index in [0.29, 0.717) is 13.1 Å². The van der Waals surface area contributed by atoms with Gasteiger partial charge in [-0.05, 0) is 31.5 Å². The minimum atomic E-state index is -0.650. The quantitative estimate of drug-likeness (QED) is 0.835. The van der Waals surface area contributed by atoms with Crippen molar-refractivity contribution < 1.29 is 9.18 Å². The summed E-state index contributed by atoms with van der Waals surface area (Å²) < 4.78 is 13.0. The molecule has 0 unspecified atom stereocenters. The highest BCUT2D eigenvalue weighted by atomic mass is 19.1. The van der Waals surface area contributed by atoms with Crippen LogP contribution in [0.2, 0.25) is 0 Å². The number of aromatic nitrogens is 1. The maximum atomic E-state index is 13.0. The van der Waals surface area contributed by atoms with Crippen molar-refractivity contribution in [1.82, 2.24) is 10.3 Å². The summed E-state index contributed by atoms with van der Waals surface area (Å²) >= 11 is 0. The Bertz CT molecular complexity index is 645. The molecule has 4 nitrogen and oxygen atoms in total. The summed E-state index contributed by atoms with van der Waals surface area (Å²) in [6.45, 7) is 6.18. The van der Waals surface area contributed by atoms with E-state index >= 15 is 0 Å². The molecule has 0 saturated heterocycles. The van der Waals surface area contributed by atoms with Crippen LogP contribution < -0.4 is 10.2 Å². The molecule has 0 saturated carbocycles. The van der Waals surface area contributed by atoms with E-state index in [1.165, 1.54) is 17.8 Å². The molecule has 0 bridgehead atoms. The van der Waals surface area contributed by atoms with Crippen LogP contribution in [0.4, 0.5) is 10.1 Å². The fraction of sp³-hybridized carbons (Fsp3) is 0.294. The van der Waals surface area contributed by atoms with Crippen LogP contribution in [0.3, 0.4) is 0 Å². The van der Waals surface area contributed by atoms with Crippen molar-refractivity contribution in [2.75, 3.05) is 24.5 Å². The highest BCUT2D eigenvalue weighted by molar-refractivity contribution is 5.94. The summed E-state index contributed by atoms with van der Waals surface area (Å²) in [5.41, 5.74) is 2.65. The topological polar surface area (TPSA) is 45.2 Å². The summed E-state index contributed by atoms with van der Waals surface area (Å²) in [6, 6.07) is 10.8. The number of hydrogen-bond acceptors (Lipinski definition) is 3. The Kier molecular flexibility index (Phi) is 5.47. The standard InChI is InChI=1S/C17H20FN3O/c1-3-21(15-7-5-4-6-13(15)2)11-10-20-17(22)14-8-9-19-16(18)12-14/h4-9,12H,3,10-11H2,1-2H3,(H,20,22). The number of nitrogens with zero attached hydrogens (tertiary/aromatic N) is 2. The normalized spacial score (nSPS) is 10.3. The predicted octanol–water partition coefficient (Wildman–Crippen LogP) is 2.79. The molecule has 1 N–H and O–H groups in total. The number of amides is 1. The van der Waals surface area contributed by atoms with Gasteiger partial charge in [0, 0.05) is 43.1 Å². The number of rotatable bonds is 6. The lowest BCUT2D eigenvalue weighted by molar-refractivity contribution is 0.0954. The largest absolute Gasteiger partial charge is 0.370 e. The number of pyridine rings is 1. The van der Waals surface area contributed by atoms with E-state index in [2.05, 4.69) is 41.2 Å². The summed E-state index contributed by atoms with van der Waals surface area (Å²) in [5, 5.41) is 2.81. The molecule has 0 radical (unpaired) electrons. The molecule has 1 heterocycles. The third kappa shape index (κ3) is 4.04. The first-order valence-corrected chi connectivity index (χ1v) is 7.32. The monoisotopic (exact) mass is 301 g/mol. The Morgan fingerprint density at radius 2 is 2.09 bits per heavy atom. The maximum Gasteiger partial charge on any atom is 0.251 e. The van der Waals surface area contributed by atoms with E-state index in [9.17, 15) is 9.18 Å². The molecule has 2 aromatic rings. The van der Waals surface area contributed by atoms with Crippen LogP contribution in [0.1, 0.15) is 22.8 Å². The van der Waals surface area contributed by atoms with Gasteiger partial charge in [-0.2, -0.15) is 4.39 Å². The molecule has 0 aliphatic heterocycles. The van der Waals surface area contributed by atoms with Crippen LogP contribution in [0.5, 0.6) is 0 Å². The van der Waals surface area contributed by atoms with Crippen LogP contribution >= 0.6 is 0 Å². The number of anilines is 1. The van der Waals surface area contributed by atoms with E-state index < -0.39 is 5.95 Å². The Hall–Kier alpha value is -2.43. The molecule has 0 atom stereocenters. The van der Waals surface area contributed by atoms with E-state index in [-0.39, 0.29) is 11.5 Å². The third-order valence-corrected chi connectivity index (χ3v) is 3.49. The zero-order valence-corrected chi connectivity index (χ0v) is 12.8. The van der Waals surface area contributed by atoms with Gasteiger partial charge in [0.25, 0.3) is 5.91 Å². The van der Waals surface area contributed by atoms with Gasteiger partial charge in [0.1, 0.15) is 0 Å². The van der Waals surface area contributed by atoms with Crippen molar-refractivity contribution >= 4 is 11.6 Å². The van der Waals surface area contributed by atoms with Crippen molar-refractivity contribution in [3.63, 3.8) is 0 Å². The molecular formula is C17H20FN3O. The summed E-state index contributed by atoms with van der Waals surface area (Å²) in [6.07, 6.45) is 1.29. The second-order valence-electron chi connectivity index (χ2n) is 4.99. The van der Waals surface area contributed by atoms with Crippen molar-refractivity contribution in [1.29, 1.82) is 0 Å². The number of carbonyl (C=O) groups is 1. The lowest BCUT2D eigenvalue weighted by atomic mass is 10.2. The van der Waals surface area contributed by atoms with E-state index in [0.717, 1.165) is 18.3 Å². The van der Waals surface area contributed by atoms with E-state index in [1.54, 1.807) is 0 Å². The number of hydrogen-bond donors (Lipinski definition) is 1. The zero-order valence-electron chi connectivity index (χ0n) is 12.8. The number of carbonyl (C=O) groups excluding carboxylic acids is 1. The van der Waals surface area contributed by atoms with Crippen LogP contribution in [0.25, 0.3) is 0 Å². The van der Waals surface area contributed by atoms with Crippen LogP contribution in [0, 0.1) is 12.9 Å². The van der Waals surface area contributed by atoms with Gasteiger partial charge in [-0.25, -0.2) is 4.98 Å². The Morgan fingerprint density at radius 3 is 2.77 bits per heavy atom. The van der Waals surface area contributed by atoms with E-state index in [4.69, 9.17) is 0 Å². The fourth-order valence-electron chi connectivity index (χ4n) is 2.32. The zero-order chi connectivity index (χ0) is 15.9. The molecule has 0 aliphatic rings. The van der Waals surface area contributed by atoms with Gasteiger partial charge in [0.05, 0.1) is 0 Å². The molecule has 1 aromatic heterocycles. The average Bonchev–Trinajstić information content (AvgIpc) is 2.52. The van der Waals surface area contributed by atoms with Crippen molar-refractivity contribution in [3.8, 4) is 0 Å². The number of benzene rings is 1. The maximum absolute atomic E-state index is 13.0. The molecule has 0 spiro atoms. The van der Waals surface area contributed by atoms with Crippen LogP contribution in [-0.2, 0) is 0 Å². The Morgan fingerprint density at radius 1 is 1.32 bits per heavy atom. The summed E-state index contributed by atoms with van der Waals surface area (Å²) in [7, 11) is 0. The van der Waals surface area contributed by atoms with Crippen molar-refractivity contribution in [2.24, 2.45) is 0 Å². The Labute approximate surface area is 130 Å². The van der Waals surface area contributed by atoms with Gasteiger partial charge < -0.3 is 10.2 Å². The van der Waals surface area contributed by atoms with Gasteiger partial charge in [-0.15, -0.1) is 0 Å². The average molecular weight is 301 g/mol. The predicted molar refractivity (Wildman–Crippen MR) is 85.6 cm³/mol. The van der Waals surface area contributed by atoms with Gasteiger partial charge in [-0.1, -0.05) is 18.2 Å². The molecule has 5 heteroatoms.